The van der Waals surface area contributed by atoms with Crippen molar-refractivity contribution in [1.82, 2.24) is 20.2 Å². The maximum absolute atomic E-state index is 12.7. The molecule has 0 radical (unpaired) electrons. The number of amides is 1. The quantitative estimate of drug-likeness (QED) is 0.774. The Hall–Kier alpha value is -3.23. The lowest BCUT2D eigenvalue weighted by molar-refractivity contribution is -0.137. The van der Waals surface area contributed by atoms with Crippen LogP contribution in [-0.2, 0) is 19.6 Å². The van der Waals surface area contributed by atoms with E-state index in [-0.39, 0.29) is 5.56 Å². The van der Waals surface area contributed by atoms with Crippen LogP contribution in [0.5, 0.6) is 0 Å². The summed E-state index contributed by atoms with van der Waals surface area (Å²) in [5.74, 6) is -0.297. The molecule has 3 rings (SSSR count). The predicted molar refractivity (Wildman–Crippen MR) is 87.0 cm³/mol. The van der Waals surface area contributed by atoms with Crippen molar-refractivity contribution in [1.29, 1.82) is 0 Å². The van der Waals surface area contributed by atoms with Crippen LogP contribution in [0.3, 0.4) is 0 Å². The van der Waals surface area contributed by atoms with Gasteiger partial charge in [0, 0.05) is 11.1 Å². The summed E-state index contributed by atoms with van der Waals surface area (Å²) in [5.41, 5.74) is 6.86. The van der Waals surface area contributed by atoms with E-state index >= 15 is 0 Å². The van der Waals surface area contributed by atoms with Crippen LogP contribution in [0, 0.1) is 0 Å². The van der Waals surface area contributed by atoms with Gasteiger partial charge in [0.1, 0.15) is 0 Å². The second-order valence-electron chi connectivity index (χ2n) is 5.71. The molecule has 1 amide bonds. The summed E-state index contributed by atoms with van der Waals surface area (Å²) < 4.78 is 38.1. The van der Waals surface area contributed by atoms with Crippen molar-refractivity contribution in [3.63, 3.8) is 0 Å². The van der Waals surface area contributed by atoms with Gasteiger partial charge in [-0.15, -0.1) is 10.2 Å². The molecule has 0 aliphatic heterocycles. The number of hydrogen-bond donors (Lipinski definition) is 1. The molecule has 0 atom stereocenters. The van der Waals surface area contributed by atoms with Gasteiger partial charge in [0.25, 0.3) is 0 Å². The molecule has 134 valence electrons. The lowest BCUT2D eigenvalue weighted by Gasteiger charge is -2.10. The number of nitrogens with zero attached hydrogens (tertiary/aromatic N) is 4. The third-order valence-electron chi connectivity index (χ3n) is 3.82. The Morgan fingerprint density at radius 2 is 1.85 bits per heavy atom. The molecule has 2 aromatic carbocycles. The van der Waals surface area contributed by atoms with Crippen LogP contribution in [0.4, 0.5) is 13.2 Å². The van der Waals surface area contributed by atoms with Crippen LogP contribution in [0.15, 0.2) is 42.5 Å². The first-order valence-corrected chi connectivity index (χ1v) is 7.57. The molecule has 0 spiro atoms. The van der Waals surface area contributed by atoms with Crippen LogP contribution in [0.1, 0.15) is 27.0 Å². The number of tetrazole rings is 1. The Morgan fingerprint density at radius 3 is 2.38 bits per heavy atom. The monoisotopic (exact) mass is 361 g/mol. The number of nitrogens with two attached hydrogens (primary N) is 1. The minimum Gasteiger partial charge on any atom is -0.366 e. The number of hydrogen-bond acceptors (Lipinski definition) is 4. The summed E-state index contributed by atoms with van der Waals surface area (Å²) in [6.45, 7) is 0. The second-order valence-corrected chi connectivity index (χ2v) is 5.71. The van der Waals surface area contributed by atoms with E-state index < -0.39 is 17.6 Å². The second kappa shape index (κ2) is 6.58. The van der Waals surface area contributed by atoms with Crippen LogP contribution in [-0.4, -0.2) is 26.1 Å². The number of aryl methyl sites for hydroxylation is 1. The number of rotatable bonds is 4. The number of carbonyl (C=O) groups is 1. The first-order chi connectivity index (χ1) is 12.2. The highest BCUT2D eigenvalue weighted by Gasteiger charge is 2.29. The molecule has 0 saturated carbocycles. The molecule has 0 fully saturated rings. The topological polar surface area (TPSA) is 86.7 Å². The van der Waals surface area contributed by atoms with E-state index in [1.165, 1.54) is 16.9 Å². The number of alkyl halides is 3. The fourth-order valence-corrected chi connectivity index (χ4v) is 2.52. The number of halogens is 3. The van der Waals surface area contributed by atoms with E-state index in [0.29, 0.717) is 23.4 Å². The lowest BCUT2D eigenvalue weighted by Crippen LogP contribution is -2.11. The number of carbonyl (C=O) groups excluding carboxylic acids is 1. The molecule has 0 aliphatic carbocycles. The van der Waals surface area contributed by atoms with Gasteiger partial charge in [-0.2, -0.15) is 18.0 Å². The molecule has 26 heavy (non-hydrogen) atoms. The van der Waals surface area contributed by atoms with Gasteiger partial charge >= 0.3 is 6.18 Å². The molecule has 2 N–H and O–H groups in total. The van der Waals surface area contributed by atoms with Gasteiger partial charge < -0.3 is 5.73 Å². The molecular formula is C17H14F3N5O. The summed E-state index contributed by atoms with van der Waals surface area (Å²) in [7, 11) is 1.60. The smallest absolute Gasteiger partial charge is 0.366 e. The lowest BCUT2D eigenvalue weighted by atomic mass is 9.96. The summed E-state index contributed by atoms with van der Waals surface area (Å²) >= 11 is 0. The molecule has 0 saturated heterocycles. The van der Waals surface area contributed by atoms with Crippen molar-refractivity contribution in [2.24, 2.45) is 12.8 Å². The average Bonchev–Trinajstić information content (AvgIpc) is 3.01. The molecule has 6 nitrogen and oxygen atoms in total. The normalized spacial score (nSPS) is 11.5. The van der Waals surface area contributed by atoms with Gasteiger partial charge in [-0.25, -0.2) is 0 Å². The van der Waals surface area contributed by atoms with E-state index in [1.807, 2.05) is 0 Å². The minimum atomic E-state index is -4.38. The highest BCUT2D eigenvalue weighted by atomic mass is 19.4. The predicted octanol–water partition coefficient (Wildman–Crippen LogP) is 2.59. The Morgan fingerprint density at radius 1 is 1.15 bits per heavy atom. The number of aromatic nitrogens is 4. The zero-order valence-corrected chi connectivity index (χ0v) is 13.7. The van der Waals surface area contributed by atoms with Gasteiger partial charge in [-0.1, -0.05) is 18.2 Å². The van der Waals surface area contributed by atoms with Crippen LogP contribution >= 0.6 is 0 Å². The largest absolute Gasteiger partial charge is 0.416 e. The zero-order chi connectivity index (χ0) is 18.9. The van der Waals surface area contributed by atoms with Crippen molar-refractivity contribution in [2.45, 2.75) is 12.6 Å². The summed E-state index contributed by atoms with van der Waals surface area (Å²) in [5, 5.41) is 11.8. The molecule has 9 heteroatoms. The summed E-state index contributed by atoms with van der Waals surface area (Å²) in [6.07, 6.45) is -4.04. The number of benzene rings is 2. The van der Waals surface area contributed by atoms with Gasteiger partial charge in [0.2, 0.25) is 11.7 Å². The summed E-state index contributed by atoms with van der Waals surface area (Å²) in [4.78, 5) is 12.7. The maximum atomic E-state index is 12.7. The Bertz CT molecular complexity index is 948. The van der Waals surface area contributed by atoms with Gasteiger partial charge in [-0.05, 0) is 47.0 Å². The Balaban J connectivity index is 1.98. The standard InChI is InChI=1S/C17H14F3N5O/c1-25-23-16(22-24-25)14-9-12(15(21)26)5-4-11(14)8-10-2-6-13(7-3-10)17(18,19)20/h2-7,9H,8H2,1H3,(H2,21,26). The van der Waals surface area contributed by atoms with Crippen molar-refractivity contribution < 1.29 is 18.0 Å². The first-order valence-electron chi connectivity index (χ1n) is 7.57. The highest BCUT2D eigenvalue weighted by molar-refractivity contribution is 5.94. The molecular weight excluding hydrogens is 347 g/mol. The molecule has 0 bridgehead atoms. The SMILES string of the molecule is Cn1nnc(-c2cc(C(N)=O)ccc2Cc2ccc(C(F)(F)F)cc2)n1. The minimum absolute atomic E-state index is 0.281. The third-order valence-corrected chi connectivity index (χ3v) is 3.82. The Kier molecular flexibility index (Phi) is 4.45. The maximum Gasteiger partial charge on any atom is 0.416 e. The summed E-state index contributed by atoms with van der Waals surface area (Å²) in [6, 6.07) is 9.70. The fourth-order valence-electron chi connectivity index (χ4n) is 2.52. The van der Waals surface area contributed by atoms with E-state index in [0.717, 1.165) is 17.7 Å². The van der Waals surface area contributed by atoms with E-state index in [2.05, 4.69) is 15.4 Å². The molecule has 0 aliphatic rings. The first kappa shape index (κ1) is 17.6. The van der Waals surface area contributed by atoms with E-state index in [4.69, 9.17) is 5.73 Å². The number of primary amides is 1. The molecule has 3 aromatic rings. The van der Waals surface area contributed by atoms with E-state index in [9.17, 15) is 18.0 Å². The van der Waals surface area contributed by atoms with Gasteiger partial charge in [0.05, 0.1) is 12.6 Å². The molecule has 0 unspecified atom stereocenters. The van der Waals surface area contributed by atoms with Crippen molar-refractivity contribution in [3.05, 3.63) is 64.7 Å². The molecule has 1 aromatic heterocycles. The molecule has 1 heterocycles. The van der Waals surface area contributed by atoms with Crippen molar-refractivity contribution in [3.8, 4) is 11.4 Å². The average molecular weight is 361 g/mol. The van der Waals surface area contributed by atoms with Gasteiger partial charge in [0.15, 0.2) is 0 Å². The highest BCUT2D eigenvalue weighted by Crippen LogP contribution is 2.30. The van der Waals surface area contributed by atoms with E-state index in [1.54, 1.807) is 25.2 Å². The Labute approximate surface area is 146 Å². The fraction of sp³-hybridized carbons (Fsp3) is 0.176. The zero-order valence-electron chi connectivity index (χ0n) is 13.7. The van der Waals surface area contributed by atoms with Crippen LogP contribution in [0.25, 0.3) is 11.4 Å². The van der Waals surface area contributed by atoms with Crippen LogP contribution in [0.2, 0.25) is 0 Å². The van der Waals surface area contributed by atoms with Crippen LogP contribution < -0.4 is 5.73 Å². The van der Waals surface area contributed by atoms with Crippen molar-refractivity contribution >= 4 is 5.91 Å². The van der Waals surface area contributed by atoms with Crippen molar-refractivity contribution in [2.75, 3.05) is 0 Å². The third kappa shape index (κ3) is 3.71. The van der Waals surface area contributed by atoms with Gasteiger partial charge in [-0.3, -0.25) is 4.79 Å².